The molecule has 0 radical (unpaired) electrons. The van der Waals surface area contributed by atoms with Crippen molar-refractivity contribution in [3.05, 3.63) is 29.1 Å². The van der Waals surface area contributed by atoms with Crippen LogP contribution in [0.25, 0.3) is 0 Å². The fourth-order valence-electron chi connectivity index (χ4n) is 2.20. The lowest BCUT2D eigenvalue weighted by molar-refractivity contribution is 0.372. The average molecular weight is 280 g/mol. The Hall–Kier alpha value is -1.37. The van der Waals surface area contributed by atoms with Crippen molar-refractivity contribution in [2.75, 3.05) is 11.9 Å². The molecule has 2 atom stereocenters. The highest BCUT2D eigenvalue weighted by molar-refractivity contribution is 5.48. The number of anilines is 1. The van der Waals surface area contributed by atoms with Gasteiger partial charge in [-0.25, -0.2) is 22.0 Å². The molecule has 0 bridgehead atoms. The summed E-state index contributed by atoms with van der Waals surface area (Å²) < 4.78 is 65.8. The van der Waals surface area contributed by atoms with E-state index in [2.05, 4.69) is 10.6 Å². The van der Waals surface area contributed by atoms with Crippen LogP contribution in [0.1, 0.15) is 19.8 Å². The van der Waals surface area contributed by atoms with Gasteiger partial charge < -0.3 is 10.6 Å². The fraction of sp³-hybridized carbons (Fsp3) is 0.500. The van der Waals surface area contributed by atoms with Gasteiger partial charge in [0.2, 0.25) is 5.82 Å². The summed E-state index contributed by atoms with van der Waals surface area (Å²) >= 11 is 0. The number of hydrogen-bond acceptors (Lipinski definition) is 2. The van der Waals surface area contributed by atoms with Crippen molar-refractivity contribution in [1.82, 2.24) is 5.32 Å². The second-order valence-corrected chi connectivity index (χ2v) is 4.67. The molecule has 1 aliphatic heterocycles. The van der Waals surface area contributed by atoms with E-state index < -0.39 is 34.8 Å². The van der Waals surface area contributed by atoms with Crippen molar-refractivity contribution < 1.29 is 22.0 Å². The normalized spacial score (nSPS) is 23.5. The first-order valence-electron chi connectivity index (χ1n) is 5.93. The fourth-order valence-corrected chi connectivity index (χ4v) is 2.20. The summed E-state index contributed by atoms with van der Waals surface area (Å²) in [4.78, 5) is 0. The smallest absolute Gasteiger partial charge is 0.200 e. The van der Waals surface area contributed by atoms with E-state index in [1.165, 1.54) is 0 Å². The van der Waals surface area contributed by atoms with Gasteiger partial charge in [-0.3, -0.25) is 0 Å². The van der Waals surface area contributed by atoms with Gasteiger partial charge in [-0.2, -0.15) is 0 Å². The molecule has 1 aliphatic rings. The minimum absolute atomic E-state index is 0.118. The quantitative estimate of drug-likeness (QED) is 0.494. The van der Waals surface area contributed by atoms with Crippen molar-refractivity contribution in [1.29, 1.82) is 0 Å². The number of rotatable bonds is 2. The van der Waals surface area contributed by atoms with E-state index in [1.807, 2.05) is 6.92 Å². The molecule has 0 aromatic heterocycles. The highest BCUT2D eigenvalue weighted by atomic mass is 19.2. The average Bonchev–Trinajstić information content (AvgIpc) is 2.39. The summed E-state index contributed by atoms with van der Waals surface area (Å²) in [6.45, 7) is 2.50. The van der Waals surface area contributed by atoms with Crippen LogP contribution in [0.2, 0.25) is 0 Å². The van der Waals surface area contributed by atoms with Crippen molar-refractivity contribution >= 4 is 5.69 Å². The molecule has 1 aromatic carbocycles. The zero-order valence-electron chi connectivity index (χ0n) is 10.2. The number of benzene rings is 1. The zero-order valence-corrected chi connectivity index (χ0v) is 10.2. The standard InChI is InChI=1S/C12H13F5N2/c1-5-4-6(2-3-18-5)19-12-10(16)8(14)7(13)9(15)11(12)17/h5-6,18-19H,2-4H2,1H3. The summed E-state index contributed by atoms with van der Waals surface area (Å²) in [7, 11) is 0. The van der Waals surface area contributed by atoms with Gasteiger partial charge in [0.1, 0.15) is 5.69 Å². The first-order valence-corrected chi connectivity index (χ1v) is 5.93. The second-order valence-electron chi connectivity index (χ2n) is 4.67. The maximum Gasteiger partial charge on any atom is 0.200 e. The summed E-state index contributed by atoms with van der Waals surface area (Å²) in [6, 6.07) is -0.211. The first-order chi connectivity index (χ1) is 8.91. The van der Waals surface area contributed by atoms with Gasteiger partial charge in [-0.1, -0.05) is 0 Å². The summed E-state index contributed by atoms with van der Waals surface area (Å²) in [5.41, 5.74) is -0.949. The molecule has 106 valence electrons. The third-order valence-corrected chi connectivity index (χ3v) is 3.18. The molecule has 0 aliphatic carbocycles. The van der Waals surface area contributed by atoms with Gasteiger partial charge >= 0.3 is 0 Å². The monoisotopic (exact) mass is 280 g/mol. The molecule has 19 heavy (non-hydrogen) atoms. The van der Waals surface area contributed by atoms with Crippen LogP contribution in [0.15, 0.2) is 0 Å². The summed E-state index contributed by atoms with van der Waals surface area (Å²) in [5.74, 6) is -9.63. The van der Waals surface area contributed by atoms with Crippen LogP contribution in [0.3, 0.4) is 0 Å². The summed E-state index contributed by atoms with van der Waals surface area (Å²) in [6.07, 6.45) is 1.09. The first kappa shape index (κ1) is 14.0. The van der Waals surface area contributed by atoms with Crippen LogP contribution in [-0.4, -0.2) is 18.6 Å². The van der Waals surface area contributed by atoms with Crippen LogP contribution in [0, 0.1) is 29.1 Å². The molecule has 1 fully saturated rings. The Kier molecular flexibility index (Phi) is 3.93. The Balaban J connectivity index is 2.30. The van der Waals surface area contributed by atoms with Crippen LogP contribution in [-0.2, 0) is 0 Å². The Bertz CT molecular complexity index is 462. The number of hydrogen-bond donors (Lipinski definition) is 2. The van der Waals surface area contributed by atoms with Gasteiger partial charge in [-0.15, -0.1) is 0 Å². The van der Waals surface area contributed by atoms with Gasteiger partial charge in [0.25, 0.3) is 0 Å². The van der Waals surface area contributed by atoms with Crippen molar-refractivity contribution in [2.24, 2.45) is 0 Å². The molecule has 0 saturated carbocycles. The Labute approximate surface area is 107 Å². The van der Waals surface area contributed by atoms with E-state index in [0.717, 1.165) is 0 Å². The lowest BCUT2D eigenvalue weighted by Crippen LogP contribution is -2.41. The Morgan fingerprint density at radius 3 is 2.00 bits per heavy atom. The zero-order chi connectivity index (χ0) is 14.2. The van der Waals surface area contributed by atoms with Crippen molar-refractivity contribution in [2.45, 2.75) is 31.8 Å². The minimum Gasteiger partial charge on any atom is -0.377 e. The lowest BCUT2D eigenvalue weighted by atomic mass is 10.0. The van der Waals surface area contributed by atoms with Gasteiger partial charge in [0.15, 0.2) is 23.3 Å². The molecule has 7 heteroatoms. The molecule has 2 unspecified atom stereocenters. The third-order valence-electron chi connectivity index (χ3n) is 3.18. The highest BCUT2D eigenvalue weighted by Gasteiger charge is 2.28. The second kappa shape index (κ2) is 5.32. The summed E-state index contributed by atoms with van der Waals surface area (Å²) in [5, 5.41) is 5.54. The van der Waals surface area contributed by atoms with Crippen LogP contribution >= 0.6 is 0 Å². The SMILES string of the molecule is CC1CC(Nc2c(F)c(F)c(F)c(F)c2F)CCN1. The van der Waals surface area contributed by atoms with Crippen molar-refractivity contribution in [3.63, 3.8) is 0 Å². The maximum absolute atomic E-state index is 13.5. The van der Waals surface area contributed by atoms with E-state index in [4.69, 9.17) is 0 Å². The maximum atomic E-state index is 13.5. The molecule has 1 saturated heterocycles. The molecule has 1 heterocycles. The van der Waals surface area contributed by atoms with Gasteiger partial charge in [0.05, 0.1) is 0 Å². The largest absolute Gasteiger partial charge is 0.377 e. The number of halogens is 5. The molecule has 0 spiro atoms. The van der Waals surface area contributed by atoms with E-state index in [0.29, 0.717) is 19.4 Å². The molecule has 0 amide bonds. The predicted molar refractivity (Wildman–Crippen MR) is 60.3 cm³/mol. The van der Waals surface area contributed by atoms with E-state index in [-0.39, 0.29) is 12.1 Å². The topological polar surface area (TPSA) is 24.1 Å². The molecule has 2 nitrogen and oxygen atoms in total. The number of piperidine rings is 1. The minimum atomic E-state index is -2.14. The Morgan fingerprint density at radius 2 is 1.47 bits per heavy atom. The van der Waals surface area contributed by atoms with Crippen LogP contribution < -0.4 is 10.6 Å². The van der Waals surface area contributed by atoms with Gasteiger partial charge in [-0.05, 0) is 26.3 Å². The molecular weight excluding hydrogens is 267 g/mol. The molecule has 1 aromatic rings. The van der Waals surface area contributed by atoms with Crippen LogP contribution in [0.4, 0.5) is 27.6 Å². The van der Waals surface area contributed by atoms with E-state index in [9.17, 15) is 22.0 Å². The van der Waals surface area contributed by atoms with Gasteiger partial charge in [0, 0.05) is 12.1 Å². The molecule has 2 N–H and O–H groups in total. The lowest BCUT2D eigenvalue weighted by Gasteiger charge is -2.29. The van der Waals surface area contributed by atoms with E-state index in [1.54, 1.807) is 0 Å². The predicted octanol–water partition coefficient (Wildman–Crippen LogP) is 2.93. The molecular formula is C12H13F5N2. The van der Waals surface area contributed by atoms with E-state index >= 15 is 0 Å². The Morgan fingerprint density at radius 1 is 0.947 bits per heavy atom. The highest BCUT2D eigenvalue weighted by Crippen LogP contribution is 2.28. The van der Waals surface area contributed by atoms with Crippen molar-refractivity contribution in [3.8, 4) is 0 Å². The molecule has 2 rings (SSSR count). The third kappa shape index (κ3) is 2.65. The van der Waals surface area contributed by atoms with Crippen LogP contribution in [0.5, 0.6) is 0 Å². The number of nitrogens with one attached hydrogen (secondary N) is 2.